The van der Waals surface area contributed by atoms with Crippen molar-refractivity contribution in [3.8, 4) is 17.4 Å². The summed E-state index contributed by atoms with van der Waals surface area (Å²) in [6, 6.07) is 7.43. The quantitative estimate of drug-likeness (QED) is 0.631. The Bertz CT molecular complexity index is 853. The lowest BCUT2D eigenvalue weighted by Gasteiger charge is -2.28. The molecule has 2 aromatic rings. The number of benzene rings is 1. The van der Waals surface area contributed by atoms with E-state index in [9.17, 15) is 4.79 Å². The summed E-state index contributed by atoms with van der Waals surface area (Å²) in [5.74, 6) is 3.03. The number of aromatic nitrogens is 2. The van der Waals surface area contributed by atoms with E-state index in [1.807, 2.05) is 32.0 Å². The summed E-state index contributed by atoms with van der Waals surface area (Å²) in [6.45, 7) is 6.43. The van der Waals surface area contributed by atoms with E-state index in [2.05, 4.69) is 20.2 Å². The summed E-state index contributed by atoms with van der Waals surface area (Å²) < 4.78 is 16.6. The molecular weight excluding hydrogens is 384 g/mol. The highest BCUT2D eigenvalue weighted by atomic mass is 16.5. The van der Waals surface area contributed by atoms with Gasteiger partial charge in [-0.05, 0) is 50.8 Å². The van der Waals surface area contributed by atoms with Gasteiger partial charge in [0.05, 0.1) is 13.7 Å². The smallest absolute Gasteiger partial charge is 0.258 e. The topological polar surface area (TPSA) is 85.8 Å². The van der Waals surface area contributed by atoms with E-state index in [-0.39, 0.29) is 12.5 Å². The van der Waals surface area contributed by atoms with Crippen molar-refractivity contribution in [3.05, 3.63) is 35.7 Å². The van der Waals surface area contributed by atoms with E-state index in [0.717, 1.165) is 24.5 Å². The van der Waals surface area contributed by atoms with Crippen LogP contribution in [-0.2, 0) is 4.79 Å². The van der Waals surface area contributed by atoms with Crippen LogP contribution in [0.1, 0.15) is 30.7 Å². The Morgan fingerprint density at radius 3 is 2.63 bits per heavy atom. The maximum Gasteiger partial charge on any atom is 0.258 e. The Labute approximate surface area is 177 Å². The van der Waals surface area contributed by atoms with Crippen LogP contribution in [0.15, 0.2) is 24.3 Å². The predicted molar refractivity (Wildman–Crippen MR) is 115 cm³/mol. The third-order valence-electron chi connectivity index (χ3n) is 4.83. The van der Waals surface area contributed by atoms with Gasteiger partial charge in [0.15, 0.2) is 18.1 Å². The third kappa shape index (κ3) is 6.23. The number of hydrogen-bond acceptors (Lipinski definition) is 7. The number of methoxy groups -OCH3 is 1. The van der Waals surface area contributed by atoms with Crippen molar-refractivity contribution in [1.29, 1.82) is 0 Å². The van der Waals surface area contributed by atoms with Gasteiger partial charge in [-0.3, -0.25) is 4.79 Å². The van der Waals surface area contributed by atoms with E-state index in [0.29, 0.717) is 36.4 Å². The first-order chi connectivity index (χ1) is 14.5. The number of carbonyl (C=O) groups excluding carboxylic acids is 1. The Morgan fingerprint density at radius 1 is 1.07 bits per heavy atom. The van der Waals surface area contributed by atoms with Crippen LogP contribution in [0.3, 0.4) is 0 Å². The Hall–Kier alpha value is -3.03. The van der Waals surface area contributed by atoms with Gasteiger partial charge in [0.1, 0.15) is 18.2 Å². The van der Waals surface area contributed by atoms with Crippen molar-refractivity contribution < 1.29 is 19.0 Å². The normalized spacial score (nSPS) is 13.6. The van der Waals surface area contributed by atoms with Gasteiger partial charge in [-0.1, -0.05) is 6.07 Å². The number of piperidine rings is 1. The molecule has 1 aromatic heterocycles. The summed E-state index contributed by atoms with van der Waals surface area (Å²) in [5, 5.41) is 2.78. The Balaban J connectivity index is 1.42. The van der Waals surface area contributed by atoms with Crippen molar-refractivity contribution in [2.75, 3.05) is 44.9 Å². The van der Waals surface area contributed by atoms with Crippen LogP contribution in [0, 0.1) is 13.8 Å². The molecule has 162 valence electrons. The molecule has 30 heavy (non-hydrogen) atoms. The molecule has 0 spiro atoms. The van der Waals surface area contributed by atoms with Crippen molar-refractivity contribution in [2.45, 2.75) is 33.1 Å². The average molecular weight is 415 g/mol. The average Bonchev–Trinajstić information content (AvgIpc) is 2.76. The SMILES string of the molecule is COc1cc(C)ccc1OCC(=O)NCCOc1cc(N2CCCCC2)nc(C)n1. The fourth-order valence-electron chi connectivity index (χ4n) is 3.32. The zero-order valence-electron chi connectivity index (χ0n) is 17.9. The number of nitrogens with one attached hydrogen (secondary N) is 1. The first-order valence-electron chi connectivity index (χ1n) is 10.3. The van der Waals surface area contributed by atoms with E-state index in [4.69, 9.17) is 14.2 Å². The maximum absolute atomic E-state index is 12.0. The highest BCUT2D eigenvalue weighted by Gasteiger charge is 2.14. The zero-order chi connectivity index (χ0) is 21.3. The van der Waals surface area contributed by atoms with Gasteiger partial charge in [0.25, 0.3) is 5.91 Å². The number of aryl methyl sites for hydroxylation is 2. The van der Waals surface area contributed by atoms with E-state index < -0.39 is 0 Å². The van der Waals surface area contributed by atoms with Crippen LogP contribution >= 0.6 is 0 Å². The van der Waals surface area contributed by atoms with Crippen molar-refractivity contribution in [3.63, 3.8) is 0 Å². The maximum atomic E-state index is 12.0. The predicted octanol–water partition coefficient (Wildman–Crippen LogP) is 2.67. The molecular formula is C22H30N4O4. The molecule has 0 saturated carbocycles. The van der Waals surface area contributed by atoms with Gasteiger partial charge in [0.2, 0.25) is 5.88 Å². The van der Waals surface area contributed by atoms with Gasteiger partial charge in [0, 0.05) is 19.2 Å². The summed E-state index contributed by atoms with van der Waals surface area (Å²) in [5.41, 5.74) is 1.06. The van der Waals surface area contributed by atoms with Gasteiger partial charge in [-0.25, -0.2) is 4.98 Å². The van der Waals surface area contributed by atoms with E-state index in [1.165, 1.54) is 19.3 Å². The van der Waals surface area contributed by atoms with E-state index in [1.54, 1.807) is 13.2 Å². The highest BCUT2D eigenvalue weighted by Crippen LogP contribution is 2.27. The molecule has 1 aliphatic rings. The van der Waals surface area contributed by atoms with Crippen LogP contribution < -0.4 is 24.4 Å². The number of carbonyl (C=O) groups is 1. The number of anilines is 1. The molecule has 0 unspecified atom stereocenters. The molecule has 2 heterocycles. The van der Waals surface area contributed by atoms with Crippen LogP contribution in [0.4, 0.5) is 5.82 Å². The molecule has 8 nitrogen and oxygen atoms in total. The van der Waals surface area contributed by atoms with Crippen molar-refractivity contribution in [1.82, 2.24) is 15.3 Å². The van der Waals surface area contributed by atoms with Crippen LogP contribution in [-0.4, -0.2) is 55.8 Å². The minimum absolute atomic E-state index is 0.0921. The largest absolute Gasteiger partial charge is 0.493 e. The minimum Gasteiger partial charge on any atom is -0.493 e. The molecule has 8 heteroatoms. The number of rotatable bonds is 9. The van der Waals surface area contributed by atoms with Crippen LogP contribution in [0.2, 0.25) is 0 Å². The number of ether oxygens (including phenoxy) is 3. The van der Waals surface area contributed by atoms with Gasteiger partial charge < -0.3 is 24.4 Å². The standard InChI is InChI=1S/C22H30N4O4/c1-16-7-8-18(19(13-16)28-3)30-15-21(27)23-9-12-29-22-14-20(24-17(2)25-22)26-10-5-4-6-11-26/h7-8,13-14H,4-6,9-12,15H2,1-3H3,(H,23,27). The highest BCUT2D eigenvalue weighted by molar-refractivity contribution is 5.77. The monoisotopic (exact) mass is 414 g/mol. The molecule has 1 saturated heterocycles. The lowest BCUT2D eigenvalue weighted by Crippen LogP contribution is -2.32. The molecule has 1 aromatic carbocycles. The summed E-state index contributed by atoms with van der Waals surface area (Å²) in [6.07, 6.45) is 3.63. The van der Waals surface area contributed by atoms with Crippen molar-refractivity contribution >= 4 is 11.7 Å². The van der Waals surface area contributed by atoms with Crippen LogP contribution in [0.25, 0.3) is 0 Å². The Kier molecular flexibility index (Phi) is 7.70. The second kappa shape index (κ2) is 10.7. The first kappa shape index (κ1) is 21.7. The number of amides is 1. The molecule has 0 atom stereocenters. The first-order valence-corrected chi connectivity index (χ1v) is 10.3. The Morgan fingerprint density at radius 2 is 1.87 bits per heavy atom. The molecule has 3 rings (SSSR count). The van der Waals surface area contributed by atoms with E-state index >= 15 is 0 Å². The summed E-state index contributed by atoms with van der Waals surface area (Å²) in [7, 11) is 1.57. The van der Waals surface area contributed by atoms with Gasteiger partial charge >= 0.3 is 0 Å². The van der Waals surface area contributed by atoms with Crippen LogP contribution in [0.5, 0.6) is 17.4 Å². The van der Waals surface area contributed by atoms with Gasteiger partial charge in [-0.15, -0.1) is 0 Å². The zero-order valence-corrected chi connectivity index (χ0v) is 17.9. The second-order valence-corrected chi connectivity index (χ2v) is 7.30. The van der Waals surface area contributed by atoms with Gasteiger partial charge in [-0.2, -0.15) is 4.98 Å². The fraction of sp³-hybridized carbons (Fsp3) is 0.500. The molecule has 1 N–H and O–H groups in total. The second-order valence-electron chi connectivity index (χ2n) is 7.30. The summed E-state index contributed by atoms with van der Waals surface area (Å²) in [4.78, 5) is 23.2. The molecule has 0 bridgehead atoms. The molecule has 0 aliphatic carbocycles. The summed E-state index contributed by atoms with van der Waals surface area (Å²) >= 11 is 0. The molecule has 1 fully saturated rings. The van der Waals surface area contributed by atoms with Crippen molar-refractivity contribution in [2.24, 2.45) is 0 Å². The number of nitrogens with zero attached hydrogens (tertiary/aromatic N) is 3. The third-order valence-corrected chi connectivity index (χ3v) is 4.83. The molecule has 1 aliphatic heterocycles. The fourth-order valence-corrected chi connectivity index (χ4v) is 3.32. The molecule has 1 amide bonds. The minimum atomic E-state index is -0.228. The lowest BCUT2D eigenvalue weighted by atomic mass is 10.1. The lowest BCUT2D eigenvalue weighted by molar-refractivity contribution is -0.123. The number of hydrogen-bond donors (Lipinski definition) is 1. The molecule has 0 radical (unpaired) electrons.